The van der Waals surface area contributed by atoms with Crippen LogP contribution in [0.2, 0.25) is 0 Å². The Morgan fingerprint density at radius 3 is 2.91 bits per heavy atom. The molecular formula is C17H21FN2O3. The maximum Gasteiger partial charge on any atom is 0.228 e. The maximum absolute atomic E-state index is 13.4. The van der Waals surface area contributed by atoms with E-state index < -0.39 is 0 Å². The molecule has 0 aromatic heterocycles. The number of carbonyl (C=O) groups excluding carboxylic acids is 2. The van der Waals surface area contributed by atoms with Crippen molar-refractivity contribution in [2.75, 3.05) is 32.8 Å². The Bertz CT molecular complexity index is 607. The number of rotatable bonds is 3. The summed E-state index contributed by atoms with van der Waals surface area (Å²) in [6, 6.07) is 6.28. The Labute approximate surface area is 135 Å². The van der Waals surface area contributed by atoms with Crippen LogP contribution in [0.5, 0.6) is 0 Å². The molecule has 0 radical (unpaired) electrons. The standard InChI is InChI=1S/C17H21FN2O3/c1-2-19-10-13(9-16(19)21)17(22)20-6-7-23-15(11-20)12-4-3-5-14(18)8-12/h3-5,8,13,15H,2,6-7,9-11H2,1H3/t13-,15+/m0/s1. The van der Waals surface area contributed by atoms with Gasteiger partial charge in [-0.05, 0) is 24.6 Å². The lowest BCUT2D eigenvalue weighted by molar-refractivity contribution is -0.143. The molecule has 2 aliphatic rings. The van der Waals surface area contributed by atoms with E-state index in [4.69, 9.17) is 4.74 Å². The van der Waals surface area contributed by atoms with Gasteiger partial charge >= 0.3 is 0 Å². The molecule has 2 atom stereocenters. The summed E-state index contributed by atoms with van der Waals surface area (Å²) in [7, 11) is 0. The number of likely N-dealkylation sites (tertiary alicyclic amines) is 1. The van der Waals surface area contributed by atoms with Gasteiger partial charge in [0.1, 0.15) is 11.9 Å². The first-order chi connectivity index (χ1) is 11.1. The Kier molecular flexibility index (Phi) is 4.61. The summed E-state index contributed by atoms with van der Waals surface area (Å²) in [5.74, 6) is -0.539. The fraction of sp³-hybridized carbons (Fsp3) is 0.529. The molecule has 2 amide bonds. The van der Waals surface area contributed by atoms with Gasteiger partial charge in [-0.25, -0.2) is 4.39 Å². The second-order valence-corrected chi connectivity index (χ2v) is 6.03. The van der Waals surface area contributed by atoms with Crippen LogP contribution in [-0.2, 0) is 14.3 Å². The Hall–Kier alpha value is -1.95. The van der Waals surface area contributed by atoms with E-state index in [1.807, 2.05) is 6.92 Å². The van der Waals surface area contributed by atoms with Gasteiger partial charge in [-0.15, -0.1) is 0 Å². The van der Waals surface area contributed by atoms with E-state index in [9.17, 15) is 14.0 Å². The third-order valence-electron chi connectivity index (χ3n) is 4.54. The number of amides is 2. The number of carbonyl (C=O) groups is 2. The molecule has 0 N–H and O–H groups in total. The van der Waals surface area contributed by atoms with E-state index in [-0.39, 0.29) is 36.1 Å². The second kappa shape index (κ2) is 6.66. The fourth-order valence-electron chi connectivity index (χ4n) is 3.26. The summed E-state index contributed by atoms with van der Waals surface area (Å²) in [6.07, 6.45) is -0.0305. The van der Waals surface area contributed by atoms with Crippen molar-refractivity contribution in [1.82, 2.24) is 9.80 Å². The predicted octanol–water partition coefficient (Wildman–Crippen LogP) is 1.59. The monoisotopic (exact) mass is 320 g/mol. The first kappa shape index (κ1) is 15.9. The van der Waals surface area contributed by atoms with Crippen LogP contribution in [0.3, 0.4) is 0 Å². The zero-order valence-electron chi connectivity index (χ0n) is 13.2. The molecule has 2 aliphatic heterocycles. The summed E-state index contributed by atoms with van der Waals surface area (Å²) in [6.45, 7) is 4.39. The number of halogens is 1. The smallest absolute Gasteiger partial charge is 0.228 e. The SMILES string of the molecule is CCN1C[C@@H](C(=O)N2CCO[C@@H](c3cccc(F)c3)C2)CC1=O. The molecule has 6 heteroatoms. The number of hydrogen-bond acceptors (Lipinski definition) is 3. The van der Waals surface area contributed by atoms with E-state index >= 15 is 0 Å². The Morgan fingerprint density at radius 2 is 2.22 bits per heavy atom. The molecular weight excluding hydrogens is 299 g/mol. The van der Waals surface area contributed by atoms with Crippen molar-refractivity contribution in [3.63, 3.8) is 0 Å². The lowest BCUT2D eigenvalue weighted by Crippen LogP contribution is -2.45. The Morgan fingerprint density at radius 1 is 1.39 bits per heavy atom. The van der Waals surface area contributed by atoms with Gasteiger partial charge in [0.25, 0.3) is 0 Å². The van der Waals surface area contributed by atoms with Crippen molar-refractivity contribution in [3.05, 3.63) is 35.6 Å². The molecule has 1 aromatic carbocycles. The van der Waals surface area contributed by atoms with Gasteiger partial charge in [0.2, 0.25) is 11.8 Å². The van der Waals surface area contributed by atoms with Crippen LogP contribution < -0.4 is 0 Å². The highest BCUT2D eigenvalue weighted by molar-refractivity contribution is 5.89. The minimum Gasteiger partial charge on any atom is -0.370 e. The molecule has 0 spiro atoms. The van der Waals surface area contributed by atoms with E-state index in [2.05, 4.69) is 0 Å². The fourth-order valence-corrected chi connectivity index (χ4v) is 3.26. The van der Waals surface area contributed by atoms with Gasteiger partial charge in [0, 0.05) is 26.1 Å². The molecule has 0 unspecified atom stereocenters. The number of morpholine rings is 1. The van der Waals surface area contributed by atoms with Crippen LogP contribution in [0.4, 0.5) is 4.39 Å². The molecule has 0 aliphatic carbocycles. The summed E-state index contributed by atoms with van der Waals surface area (Å²) in [5, 5.41) is 0. The van der Waals surface area contributed by atoms with E-state index in [1.165, 1.54) is 12.1 Å². The summed E-state index contributed by atoms with van der Waals surface area (Å²) in [5.41, 5.74) is 0.736. The molecule has 0 saturated carbocycles. The normalized spacial score (nSPS) is 25.0. The molecule has 0 bridgehead atoms. The minimum atomic E-state index is -0.317. The third kappa shape index (κ3) is 3.37. The highest BCUT2D eigenvalue weighted by atomic mass is 19.1. The van der Waals surface area contributed by atoms with Crippen molar-refractivity contribution >= 4 is 11.8 Å². The van der Waals surface area contributed by atoms with Gasteiger partial charge in [-0.2, -0.15) is 0 Å². The highest BCUT2D eigenvalue weighted by Crippen LogP contribution is 2.26. The lowest BCUT2D eigenvalue weighted by atomic mass is 10.0. The van der Waals surface area contributed by atoms with Gasteiger partial charge in [0.15, 0.2) is 0 Å². The van der Waals surface area contributed by atoms with Crippen LogP contribution in [0.1, 0.15) is 25.0 Å². The molecule has 5 nitrogen and oxygen atoms in total. The van der Waals surface area contributed by atoms with Crippen molar-refractivity contribution < 1.29 is 18.7 Å². The third-order valence-corrected chi connectivity index (χ3v) is 4.54. The van der Waals surface area contributed by atoms with Crippen LogP contribution >= 0.6 is 0 Å². The van der Waals surface area contributed by atoms with E-state index in [0.29, 0.717) is 32.8 Å². The first-order valence-corrected chi connectivity index (χ1v) is 8.02. The van der Waals surface area contributed by atoms with Gasteiger partial charge in [-0.3, -0.25) is 9.59 Å². The molecule has 124 valence electrons. The Balaban J connectivity index is 1.67. The molecule has 23 heavy (non-hydrogen) atoms. The maximum atomic E-state index is 13.4. The number of hydrogen-bond donors (Lipinski definition) is 0. The number of benzene rings is 1. The topological polar surface area (TPSA) is 49.9 Å². The van der Waals surface area contributed by atoms with Crippen LogP contribution in [0.15, 0.2) is 24.3 Å². The number of ether oxygens (including phenoxy) is 1. The summed E-state index contributed by atoms with van der Waals surface area (Å²) < 4.78 is 19.1. The van der Waals surface area contributed by atoms with Gasteiger partial charge in [-0.1, -0.05) is 12.1 Å². The van der Waals surface area contributed by atoms with Crippen molar-refractivity contribution in [3.8, 4) is 0 Å². The quantitative estimate of drug-likeness (QED) is 0.850. The summed E-state index contributed by atoms with van der Waals surface area (Å²) >= 11 is 0. The van der Waals surface area contributed by atoms with Crippen LogP contribution in [0.25, 0.3) is 0 Å². The van der Waals surface area contributed by atoms with Crippen molar-refractivity contribution in [2.24, 2.45) is 5.92 Å². The van der Waals surface area contributed by atoms with Crippen LogP contribution in [0, 0.1) is 11.7 Å². The molecule has 2 saturated heterocycles. The lowest BCUT2D eigenvalue weighted by Gasteiger charge is -2.34. The molecule has 2 fully saturated rings. The predicted molar refractivity (Wildman–Crippen MR) is 82.0 cm³/mol. The summed E-state index contributed by atoms with van der Waals surface area (Å²) in [4.78, 5) is 27.9. The largest absolute Gasteiger partial charge is 0.370 e. The van der Waals surface area contributed by atoms with Gasteiger partial charge in [0.05, 0.1) is 19.1 Å². The van der Waals surface area contributed by atoms with Gasteiger partial charge < -0.3 is 14.5 Å². The van der Waals surface area contributed by atoms with Crippen molar-refractivity contribution in [1.29, 1.82) is 0 Å². The average molecular weight is 320 g/mol. The van der Waals surface area contributed by atoms with Crippen LogP contribution in [-0.4, -0.2) is 54.4 Å². The second-order valence-electron chi connectivity index (χ2n) is 6.03. The highest BCUT2D eigenvalue weighted by Gasteiger charge is 2.37. The molecule has 3 rings (SSSR count). The van der Waals surface area contributed by atoms with E-state index in [0.717, 1.165) is 5.56 Å². The average Bonchev–Trinajstić information content (AvgIpc) is 2.95. The zero-order valence-corrected chi connectivity index (χ0v) is 13.2. The molecule has 1 aromatic rings. The first-order valence-electron chi connectivity index (χ1n) is 8.02. The number of nitrogens with zero attached hydrogens (tertiary/aromatic N) is 2. The zero-order chi connectivity index (χ0) is 16.4. The van der Waals surface area contributed by atoms with E-state index in [1.54, 1.807) is 21.9 Å². The minimum absolute atomic E-state index is 0.000923. The van der Waals surface area contributed by atoms with Crippen molar-refractivity contribution in [2.45, 2.75) is 19.4 Å². The molecule has 2 heterocycles.